The highest BCUT2D eigenvalue weighted by molar-refractivity contribution is 8.01. The van der Waals surface area contributed by atoms with Gasteiger partial charge in [0.1, 0.15) is 11.3 Å². The van der Waals surface area contributed by atoms with Crippen LogP contribution in [-0.4, -0.2) is 26.8 Å². The minimum absolute atomic E-state index is 0.00463. The van der Waals surface area contributed by atoms with Crippen molar-refractivity contribution in [2.45, 2.75) is 9.43 Å². The van der Waals surface area contributed by atoms with Gasteiger partial charge in [0.25, 0.3) is 17.5 Å². The van der Waals surface area contributed by atoms with Gasteiger partial charge in [0, 0.05) is 12.1 Å². The zero-order chi connectivity index (χ0) is 27.8. The van der Waals surface area contributed by atoms with Crippen molar-refractivity contribution in [3.63, 3.8) is 0 Å². The Kier molecular flexibility index (Phi) is 6.72. The van der Waals surface area contributed by atoms with Gasteiger partial charge < -0.3 is 4.42 Å². The molecule has 5 aromatic rings. The second kappa shape index (κ2) is 10.5. The van der Waals surface area contributed by atoms with Crippen LogP contribution in [0.1, 0.15) is 5.76 Å². The number of nitro benzene ring substituents is 1. The van der Waals surface area contributed by atoms with Crippen LogP contribution < -0.4 is 9.80 Å². The van der Waals surface area contributed by atoms with Crippen molar-refractivity contribution in [1.29, 1.82) is 0 Å². The van der Waals surface area contributed by atoms with Crippen molar-refractivity contribution in [3.8, 4) is 0 Å². The van der Waals surface area contributed by atoms with Gasteiger partial charge in [-0.15, -0.1) is 11.3 Å². The van der Waals surface area contributed by atoms with Crippen LogP contribution in [0.25, 0.3) is 16.3 Å². The Morgan fingerprint density at radius 2 is 1.52 bits per heavy atom. The van der Waals surface area contributed by atoms with E-state index in [1.807, 2.05) is 12.1 Å². The summed E-state index contributed by atoms with van der Waals surface area (Å²) in [5, 5.41) is 11.6. The number of carbonyl (C=O) groups is 2. The number of nitro groups is 1. The number of amides is 2. The van der Waals surface area contributed by atoms with E-state index in [-0.39, 0.29) is 16.4 Å². The second-order valence-electron chi connectivity index (χ2n) is 8.44. The first kappa shape index (κ1) is 25.6. The molecule has 2 amide bonds. The number of thiazole rings is 1. The zero-order valence-electron chi connectivity index (χ0n) is 20.3. The number of hydrogen-bond acceptors (Lipinski definition) is 9. The first-order valence-electron chi connectivity index (χ1n) is 11.8. The van der Waals surface area contributed by atoms with Crippen LogP contribution in [0.4, 0.5) is 17.1 Å². The largest absolute Gasteiger partial charge is 0.450 e. The normalized spacial score (nSPS) is 13.8. The molecule has 3 heterocycles. The van der Waals surface area contributed by atoms with Crippen LogP contribution in [0, 0.1) is 10.1 Å². The molecule has 9 nitrogen and oxygen atoms in total. The number of non-ortho nitro benzene ring substituents is 1. The van der Waals surface area contributed by atoms with Crippen LogP contribution in [-0.2, 0) is 9.59 Å². The lowest BCUT2D eigenvalue weighted by atomic mass is 10.1. The summed E-state index contributed by atoms with van der Waals surface area (Å²) in [4.78, 5) is 45.0. The van der Waals surface area contributed by atoms with Crippen LogP contribution in [0.2, 0.25) is 0 Å². The van der Waals surface area contributed by atoms with Gasteiger partial charge >= 0.3 is 0 Å². The molecule has 0 N–H and O–H groups in total. The summed E-state index contributed by atoms with van der Waals surface area (Å²) >= 11 is 8.16. The number of furan rings is 1. The molecule has 1 aliphatic rings. The number of aromatic nitrogens is 1. The molecule has 0 radical (unpaired) electrons. The first-order chi connectivity index (χ1) is 19.4. The molecular weight excluding hydrogens is 569 g/mol. The minimum atomic E-state index is -0.563. The fourth-order valence-electron chi connectivity index (χ4n) is 4.08. The Bertz CT molecular complexity index is 1770. The quantitative estimate of drug-likeness (QED) is 0.0713. The maximum atomic E-state index is 13.6. The van der Waals surface area contributed by atoms with E-state index < -0.39 is 16.7 Å². The Labute approximate surface area is 240 Å². The predicted octanol–water partition coefficient (Wildman–Crippen LogP) is 6.70. The molecule has 0 spiro atoms. The molecule has 0 atom stereocenters. The van der Waals surface area contributed by atoms with Gasteiger partial charge in [0.05, 0.1) is 26.5 Å². The lowest BCUT2D eigenvalue weighted by Crippen LogP contribution is -2.56. The van der Waals surface area contributed by atoms with Crippen molar-refractivity contribution >= 4 is 85.6 Å². The van der Waals surface area contributed by atoms with Crippen molar-refractivity contribution in [3.05, 3.63) is 112 Å². The van der Waals surface area contributed by atoms with Crippen LogP contribution in [0.3, 0.4) is 0 Å². The summed E-state index contributed by atoms with van der Waals surface area (Å²) in [6.45, 7) is 0. The molecule has 0 bridgehead atoms. The molecular formula is C28H16N4O5S3. The maximum Gasteiger partial charge on any atom is 0.270 e. The molecule has 1 saturated heterocycles. The van der Waals surface area contributed by atoms with Crippen molar-refractivity contribution in [2.75, 3.05) is 9.80 Å². The summed E-state index contributed by atoms with van der Waals surface area (Å²) in [6.07, 6.45) is 1.41. The fraction of sp³-hybridized carbons (Fsp3) is 0. The third-order valence-corrected chi connectivity index (χ3v) is 8.28. The van der Waals surface area contributed by atoms with Gasteiger partial charge in [0.2, 0.25) is 0 Å². The number of fused-ring (bicyclic) bond motifs is 1. The maximum absolute atomic E-state index is 13.6. The highest BCUT2D eigenvalue weighted by atomic mass is 32.2. The Morgan fingerprint density at radius 3 is 2.12 bits per heavy atom. The van der Waals surface area contributed by atoms with Gasteiger partial charge in [-0.3, -0.25) is 29.5 Å². The number of nitrogens with zero attached hydrogens (tertiary/aromatic N) is 4. The minimum Gasteiger partial charge on any atom is -0.450 e. The number of hydrogen-bond donors (Lipinski definition) is 0. The van der Waals surface area contributed by atoms with Crippen LogP contribution in [0.15, 0.2) is 110 Å². The molecule has 3 aromatic carbocycles. The standard InChI is InChI=1S/C28H16N4O5S3/c33-25-21(26(34)31(18-9-5-2-6-10-18)28(38)30(25)17-7-3-1-4-8-17)16-20-12-14-24(37-20)40-27-29-22-13-11-19(32(35)36)15-23(22)39-27/h1-16H. The Hall–Kier alpha value is -4.65. The zero-order valence-corrected chi connectivity index (χ0v) is 22.7. The highest BCUT2D eigenvalue weighted by Gasteiger charge is 2.41. The average molecular weight is 585 g/mol. The Morgan fingerprint density at radius 1 is 0.900 bits per heavy atom. The number of para-hydroxylation sites is 2. The smallest absolute Gasteiger partial charge is 0.270 e. The van der Waals surface area contributed by atoms with Crippen LogP contribution in [0.5, 0.6) is 0 Å². The Balaban J connectivity index is 1.33. The average Bonchev–Trinajstić information content (AvgIpc) is 3.58. The molecule has 0 aliphatic carbocycles. The third kappa shape index (κ3) is 4.79. The highest BCUT2D eigenvalue weighted by Crippen LogP contribution is 2.37. The van der Waals surface area contributed by atoms with Gasteiger partial charge in [-0.05, 0) is 72.5 Å². The van der Waals surface area contributed by atoms with Crippen LogP contribution >= 0.6 is 35.3 Å². The molecule has 2 aromatic heterocycles. The molecule has 0 saturated carbocycles. The van der Waals surface area contributed by atoms with E-state index in [0.717, 1.165) is 0 Å². The SMILES string of the molecule is O=C1C(=Cc2ccc(Sc3nc4ccc([N+](=O)[O-])cc4s3)o2)C(=O)N(c2ccccc2)C(=S)N1c1ccccc1. The molecule has 1 fully saturated rings. The van der Waals surface area contributed by atoms with E-state index in [1.165, 1.54) is 51.1 Å². The second-order valence-corrected chi connectivity index (χ2v) is 11.1. The van der Waals surface area contributed by atoms with Crippen molar-refractivity contribution in [2.24, 2.45) is 0 Å². The summed E-state index contributed by atoms with van der Waals surface area (Å²) < 4.78 is 7.24. The van der Waals surface area contributed by atoms with E-state index in [2.05, 4.69) is 4.98 Å². The predicted molar refractivity (Wildman–Crippen MR) is 158 cm³/mol. The summed E-state index contributed by atoms with van der Waals surface area (Å²) in [5.74, 6) is -0.830. The molecule has 6 rings (SSSR count). The topological polar surface area (TPSA) is 110 Å². The number of anilines is 2. The number of thiocarbonyl (C=S) groups is 1. The molecule has 12 heteroatoms. The van der Waals surface area contributed by atoms with Crippen molar-refractivity contribution in [1.82, 2.24) is 4.98 Å². The molecule has 196 valence electrons. The fourth-order valence-corrected chi connectivity index (χ4v) is 6.46. The van der Waals surface area contributed by atoms with E-state index in [1.54, 1.807) is 66.7 Å². The number of carbonyl (C=O) groups excluding carboxylic acids is 2. The summed E-state index contributed by atoms with van der Waals surface area (Å²) in [5.41, 5.74) is 1.59. The van der Waals surface area contributed by atoms with Gasteiger partial charge in [-0.2, -0.15) is 0 Å². The molecule has 40 heavy (non-hydrogen) atoms. The molecule has 0 unspecified atom stereocenters. The summed E-state index contributed by atoms with van der Waals surface area (Å²) in [6, 6.07) is 25.6. The lowest BCUT2D eigenvalue weighted by Gasteiger charge is -2.36. The number of benzene rings is 3. The monoisotopic (exact) mass is 584 g/mol. The van der Waals surface area contributed by atoms with Gasteiger partial charge in [0.15, 0.2) is 14.5 Å². The lowest BCUT2D eigenvalue weighted by molar-refractivity contribution is -0.384. The van der Waals surface area contributed by atoms with E-state index >= 15 is 0 Å². The number of rotatable bonds is 6. The van der Waals surface area contributed by atoms with E-state index in [0.29, 0.717) is 36.8 Å². The van der Waals surface area contributed by atoms with Crippen molar-refractivity contribution < 1.29 is 18.9 Å². The van der Waals surface area contributed by atoms with Gasteiger partial charge in [-0.25, -0.2) is 4.98 Å². The third-order valence-electron chi connectivity index (χ3n) is 5.92. The van der Waals surface area contributed by atoms with E-state index in [9.17, 15) is 19.7 Å². The first-order valence-corrected chi connectivity index (χ1v) is 13.8. The molecule has 1 aliphatic heterocycles. The summed E-state index contributed by atoms with van der Waals surface area (Å²) in [7, 11) is 0. The van der Waals surface area contributed by atoms with E-state index in [4.69, 9.17) is 16.6 Å². The van der Waals surface area contributed by atoms with Gasteiger partial charge in [-0.1, -0.05) is 36.4 Å².